The summed E-state index contributed by atoms with van der Waals surface area (Å²) in [6.45, 7) is 1.51. The summed E-state index contributed by atoms with van der Waals surface area (Å²) in [6, 6.07) is 12.4. The van der Waals surface area contributed by atoms with Gasteiger partial charge in [-0.1, -0.05) is 6.07 Å². The van der Waals surface area contributed by atoms with Crippen LogP contribution < -0.4 is 15.4 Å². The van der Waals surface area contributed by atoms with E-state index in [-0.39, 0.29) is 0 Å². The third-order valence-electron chi connectivity index (χ3n) is 4.38. The number of anilines is 3. The van der Waals surface area contributed by atoms with Crippen molar-refractivity contribution in [2.24, 2.45) is 0 Å². The zero-order valence-corrected chi connectivity index (χ0v) is 18.0. The van der Waals surface area contributed by atoms with Gasteiger partial charge < -0.3 is 25.0 Å². The third kappa shape index (κ3) is 5.89. The van der Waals surface area contributed by atoms with Crippen molar-refractivity contribution in [2.75, 3.05) is 52.0 Å². The molecule has 0 fully saturated rings. The molecule has 0 aliphatic carbocycles. The van der Waals surface area contributed by atoms with Crippen LogP contribution >= 0.6 is 0 Å². The van der Waals surface area contributed by atoms with Gasteiger partial charge in [-0.05, 0) is 44.4 Å². The zero-order valence-electron chi connectivity index (χ0n) is 18.0. The van der Waals surface area contributed by atoms with Crippen LogP contribution in [0, 0.1) is 0 Å². The fraction of sp³-hybridized carbons (Fsp3) is 0.273. The van der Waals surface area contributed by atoms with E-state index < -0.39 is 5.97 Å². The molecule has 3 rings (SSSR count). The highest BCUT2D eigenvalue weighted by atomic mass is 16.5. The average molecular weight is 422 g/mol. The fourth-order valence-electron chi connectivity index (χ4n) is 2.82. The molecule has 0 aliphatic rings. The first-order chi connectivity index (χ1) is 15.0. The highest BCUT2D eigenvalue weighted by Gasteiger charge is 2.13. The molecule has 0 saturated carbocycles. The summed E-state index contributed by atoms with van der Waals surface area (Å²) in [5.41, 5.74) is 2.36. The third-order valence-corrected chi connectivity index (χ3v) is 4.38. The molecular weight excluding hydrogens is 396 g/mol. The molecule has 0 amide bonds. The zero-order chi connectivity index (χ0) is 22.2. The number of esters is 1. The number of carbonyl (C=O) groups is 1. The lowest BCUT2D eigenvalue weighted by Gasteiger charge is -2.15. The van der Waals surface area contributed by atoms with Crippen molar-refractivity contribution in [3.63, 3.8) is 0 Å². The number of hydrogen-bond donors (Lipinski definition) is 2. The molecule has 1 aromatic carbocycles. The largest absolute Gasteiger partial charge is 0.495 e. The number of benzene rings is 1. The fourth-order valence-corrected chi connectivity index (χ4v) is 2.82. The standard InChI is InChI=1S/C22H26N6O3/c1-28(2)12-11-24-22-26-17(16-7-5-6-10-23-16)14-20(27-22)25-18-13-15(21(29)31-4)8-9-19(18)30-3/h5-10,13-14H,11-12H2,1-4H3,(H2,24,25,26,27). The van der Waals surface area contributed by atoms with Crippen LogP contribution in [0.3, 0.4) is 0 Å². The second-order valence-corrected chi connectivity index (χ2v) is 6.94. The van der Waals surface area contributed by atoms with Crippen LogP contribution in [0.1, 0.15) is 10.4 Å². The second kappa shape index (κ2) is 10.4. The molecule has 0 spiro atoms. The van der Waals surface area contributed by atoms with Gasteiger partial charge in [-0.2, -0.15) is 4.98 Å². The lowest BCUT2D eigenvalue weighted by molar-refractivity contribution is 0.0600. The summed E-state index contributed by atoms with van der Waals surface area (Å²) < 4.78 is 10.3. The summed E-state index contributed by atoms with van der Waals surface area (Å²) in [6.07, 6.45) is 1.71. The van der Waals surface area contributed by atoms with Crippen molar-refractivity contribution < 1.29 is 14.3 Å². The molecule has 0 radical (unpaired) electrons. The minimum absolute atomic E-state index is 0.397. The average Bonchev–Trinajstić information content (AvgIpc) is 2.78. The van der Waals surface area contributed by atoms with Crippen LogP contribution in [0.4, 0.5) is 17.5 Å². The van der Waals surface area contributed by atoms with Crippen molar-refractivity contribution in [1.29, 1.82) is 0 Å². The Balaban J connectivity index is 1.97. The van der Waals surface area contributed by atoms with E-state index in [9.17, 15) is 4.79 Å². The van der Waals surface area contributed by atoms with E-state index in [0.29, 0.717) is 41.0 Å². The second-order valence-electron chi connectivity index (χ2n) is 6.94. The molecule has 162 valence electrons. The number of pyridine rings is 1. The van der Waals surface area contributed by atoms with Gasteiger partial charge in [0.25, 0.3) is 0 Å². The first kappa shape index (κ1) is 22.0. The summed E-state index contributed by atoms with van der Waals surface area (Å²) in [5.74, 6) is 1.13. The summed E-state index contributed by atoms with van der Waals surface area (Å²) in [7, 11) is 6.90. The molecule has 0 saturated heterocycles. The Bertz CT molecular complexity index is 1030. The highest BCUT2D eigenvalue weighted by molar-refractivity contribution is 5.91. The molecule has 0 bridgehead atoms. The van der Waals surface area contributed by atoms with E-state index in [2.05, 4.69) is 30.5 Å². The van der Waals surface area contributed by atoms with E-state index in [1.807, 2.05) is 32.3 Å². The summed E-state index contributed by atoms with van der Waals surface area (Å²) >= 11 is 0. The SMILES string of the molecule is COC(=O)c1ccc(OC)c(Nc2cc(-c3ccccn3)nc(NCCN(C)C)n2)c1. The van der Waals surface area contributed by atoms with E-state index >= 15 is 0 Å². The maximum atomic E-state index is 11.9. The van der Waals surface area contributed by atoms with Crippen LogP contribution in [0.15, 0.2) is 48.7 Å². The molecule has 9 nitrogen and oxygen atoms in total. The van der Waals surface area contributed by atoms with Crippen LogP contribution in [0.2, 0.25) is 0 Å². The number of carbonyl (C=O) groups excluding carboxylic acids is 1. The molecule has 2 N–H and O–H groups in total. The number of methoxy groups -OCH3 is 2. The van der Waals surface area contributed by atoms with Crippen LogP contribution in [0.5, 0.6) is 5.75 Å². The van der Waals surface area contributed by atoms with Crippen LogP contribution in [-0.2, 0) is 4.74 Å². The monoisotopic (exact) mass is 422 g/mol. The van der Waals surface area contributed by atoms with Gasteiger partial charge >= 0.3 is 5.97 Å². The summed E-state index contributed by atoms with van der Waals surface area (Å²) in [5, 5.41) is 6.47. The lowest BCUT2D eigenvalue weighted by Crippen LogP contribution is -2.21. The molecule has 0 aliphatic heterocycles. The predicted octanol–water partition coefficient (Wildman–Crippen LogP) is 3.05. The smallest absolute Gasteiger partial charge is 0.337 e. The first-order valence-corrected chi connectivity index (χ1v) is 9.72. The van der Waals surface area contributed by atoms with Gasteiger partial charge in [-0.25, -0.2) is 9.78 Å². The van der Waals surface area contributed by atoms with E-state index in [0.717, 1.165) is 12.2 Å². The Morgan fingerprint density at radius 1 is 1.06 bits per heavy atom. The van der Waals surface area contributed by atoms with Crippen LogP contribution in [0.25, 0.3) is 11.4 Å². The highest BCUT2D eigenvalue weighted by Crippen LogP contribution is 2.30. The number of aromatic nitrogens is 3. The Morgan fingerprint density at radius 2 is 1.90 bits per heavy atom. The molecule has 0 atom stereocenters. The van der Waals surface area contributed by atoms with E-state index in [1.54, 1.807) is 37.6 Å². The van der Waals surface area contributed by atoms with Gasteiger partial charge in [0.2, 0.25) is 5.95 Å². The Hall–Kier alpha value is -3.72. The molecule has 9 heteroatoms. The van der Waals surface area contributed by atoms with Gasteiger partial charge in [0.1, 0.15) is 11.6 Å². The van der Waals surface area contributed by atoms with Gasteiger partial charge in [0.15, 0.2) is 0 Å². The van der Waals surface area contributed by atoms with Gasteiger partial charge in [0.05, 0.1) is 36.9 Å². The number of nitrogens with zero attached hydrogens (tertiary/aromatic N) is 4. The topological polar surface area (TPSA) is 102 Å². The first-order valence-electron chi connectivity index (χ1n) is 9.72. The Morgan fingerprint density at radius 3 is 2.58 bits per heavy atom. The quantitative estimate of drug-likeness (QED) is 0.504. The predicted molar refractivity (Wildman–Crippen MR) is 120 cm³/mol. The van der Waals surface area contributed by atoms with Crippen molar-refractivity contribution >= 4 is 23.4 Å². The van der Waals surface area contributed by atoms with Crippen LogP contribution in [-0.4, -0.2) is 67.2 Å². The lowest BCUT2D eigenvalue weighted by atomic mass is 10.2. The summed E-state index contributed by atoms with van der Waals surface area (Å²) in [4.78, 5) is 27.6. The van der Waals surface area contributed by atoms with Crippen molar-refractivity contribution in [3.05, 3.63) is 54.2 Å². The van der Waals surface area contributed by atoms with Gasteiger partial charge in [-0.3, -0.25) is 4.98 Å². The van der Waals surface area contributed by atoms with Crippen molar-refractivity contribution in [1.82, 2.24) is 19.9 Å². The molecule has 2 aromatic heterocycles. The molecular formula is C22H26N6O3. The Labute approximate surface area is 181 Å². The molecule has 2 heterocycles. The number of likely N-dealkylation sites (N-methyl/N-ethyl adjacent to an activating group) is 1. The van der Waals surface area contributed by atoms with E-state index in [1.165, 1.54) is 7.11 Å². The molecule has 31 heavy (non-hydrogen) atoms. The normalized spacial score (nSPS) is 10.6. The molecule has 0 unspecified atom stereocenters. The Kier molecular flexibility index (Phi) is 7.34. The van der Waals surface area contributed by atoms with E-state index in [4.69, 9.17) is 9.47 Å². The number of ether oxygens (including phenoxy) is 2. The minimum Gasteiger partial charge on any atom is -0.495 e. The van der Waals surface area contributed by atoms with Gasteiger partial charge in [-0.15, -0.1) is 0 Å². The number of rotatable bonds is 9. The number of nitrogens with one attached hydrogen (secondary N) is 2. The van der Waals surface area contributed by atoms with Crippen molar-refractivity contribution in [3.8, 4) is 17.1 Å². The maximum Gasteiger partial charge on any atom is 0.337 e. The van der Waals surface area contributed by atoms with Gasteiger partial charge in [0, 0.05) is 25.4 Å². The van der Waals surface area contributed by atoms with Crippen molar-refractivity contribution in [2.45, 2.75) is 0 Å². The minimum atomic E-state index is -0.436. The molecule has 3 aromatic rings. The number of hydrogen-bond acceptors (Lipinski definition) is 9. The maximum absolute atomic E-state index is 11.9.